The van der Waals surface area contributed by atoms with Crippen LogP contribution in [0.2, 0.25) is 0 Å². The molecule has 0 aromatic heterocycles. The molecule has 2 aromatic carbocycles. The van der Waals surface area contributed by atoms with E-state index < -0.39 is 12.1 Å². The summed E-state index contributed by atoms with van der Waals surface area (Å²) in [5.41, 5.74) is 2.02. The second-order valence-electron chi connectivity index (χ2n) is 4.51. The molecule has 3 heteroatoms. The number of benzene rings is 2. The van der Waals surface area contributed by atoms with Crippen molar-refractivity contribution >= 4 is 12.0 Å². The molecule has 1 atom stereocenters. The van der Waals surface area contributed by atoms with Crippen molar-refractivity contribution in [3.05, 3.63) is 77.9 Å². The lowest BCUT2D eigenvalue weighted by Gasteiger charge is -2.12. The van der Waals surface area contributed by atoms with Gasteiger partial charge in [-0.05, 0) is 17.2 Å². The highest BCUT2D eigenvalue weighted by Crippen LogP contribution is 2.08. The largest absolute Gasteiger partial charge is 0.467 e. The second-order valence-corrected chi connectivity index (χ2v) is 4.51. The highest BCUT2D eigenvalue weighted by molar-refractivity contribution is 5.78. The van der Waals surface area contributed by atoms with Gasteiger partial charge >= 0.3 is 5.97 Å². The first-order chi connectivity index (χ1) is 10.3. The molecule has 0 aliphatic rings. The monoisotopic (exact) mass is 282 g/mol. The minimum absolute atomic E-state index is 0.361. The molecule has 1 unspecified atom stereocenters. The third-order valence-electron chi connectivity index (χ3n) is 2.97. The lowest BCUT2D eigenvalue weighted by molar-refractivity contribution is -0.151. The summed E-state index contributed by atoms with van der Waals surface area (Å²) in [6.45, 7) is 0.361. The molecule has 2 rings (SSSR count). The predicted octanol–water partition coefficient (Wildman–Crippen LogP) is 3.46. The molecular formula is C18H18O3. The van der Waals surface area contributed by atoms with Gasteiger partial charge in [-0.25, -0.2) is 4.79 Å². The number of carbonyl (C=O) groups excluding carboxylic acids is 1. The topological polar surface area (TPSA) is 35.5 Å². The molecule has 0 heterocycles. The number of esters is 1. The van der Waals surface area contributed by atoms with E-state index in [1.165, 1.54) is 7.11 Å². The summed E-state index contributed by atoms with van der Waals surface area (Å²) in [5, 5.41) is 0. The van der Waals surface area contributed by atoms with Crippen LogP contribution >= 0.6 is 0 Å². The number of ether oxygens (including phenoxy) is 2. The Kier molecular flexibility index (Phi) is 5.73. The van der Waals surface area contributed by atoms with Crippen LogP contribution in [-0.2, 0) is 20.9 Å². The molecule has 0 saturated carbocycles. The minimum atomic E-state index is -0.713. The van der Waals surface area contributed by atoms with Crippen molar-refractivity contribution in [2.45, 2.75) is 12.7 Å². The Labute approximate surface area is 124 Å². The van der Waals surface area contributed by atoms with Crippen LogP contribution in [0.15, 0.2) is 66.7 Å². The number of hydrogen-bond acceptors (Lipinski definition) is 3. The van der Waals surface area contributed by atoms with Crippen molar-refractivity contribution in [1.29, 1.82) is 0 Å². The van der Waals surface area contributed by atoms with Gasteiger partial charge in [0.25, 0.3) is 0 Å². The molecule has 0 saturated heterocycles. The Morgan fingerprint density at radius 1 is 1.05 bits per heavy atom. The van der Waals surface area contributed by atoms with Gasteiger partial charge in [-0.3, -0.25) is 0 Å². The standard InChI is InChI=1S/C18H18O3/c1-20-18(19)17(13-12-15-8-4-2-5-9-15)21-14-16-10-6-3-7-11-16/h2-13,17H,14H2,1H3/b13-12+. The Hall–Kier alpha value is -2.39. The molecule has 0 radical (unpaired) electrons. The molecule has 0 spiro atoms. The Morgan fingerprint density at radius 3 is 2.29 bits per heavy atom. The fraction of sp³-hybridized carbons (Fsp3) is 0.167. The van der Waals surface area contributed by atoms with Crippen LogP contribution in [0.1, 0.15) is 11.1 Å². The van der Waals surface area contributed by atoms with Gasteiger partial charge in [-0.15, -0.1) is 0 Å². The van der Waals surface area contributed by atoms with Crippen molar-refractivity contribution in [2.75, 3.05) is 7.11 Å². The minimum Gasteiger partial charge on any atom is -0.467 e. The summed E-state index contributed by atoms with van der Waals surface area (Å²) in [6, 6.07) is 19.5. The van der Waals surface area contributed by atoms with Gasteiger partial charge in [0, 0.05) is 0 Å². The summed E-state index contributed by atoms with van der Waals surface area (Å²) >= 11 is 0. The Balaban J connectivity index is 2.01. The quantitative estimate of drug-likeness (QED) is 0.761. The number of methoxy groups -OCH3 is 1. The predicted molar refractivity (Wildman–Crippen MR) is 82.5 cm³/mol. The molecule has 2 aromatic rings. The van der Waals surface area contributed by atoms with Crippen LogP contribution in [0.3, 0.4) is 0 Å². The van der Waals surface area contributed by atoms with Crippen LogP contribution in [0.5, 0.6) is 0 Å². The zero-order valence-electron chi connectivity index (χ0n) is 11.9. The normalized spacial score (nSPS) is 12.2. The summed E-state index contributed by atoms with van der Waals surface area (Å²) in [5.74, 6) is -0.405. The third-order valence-corrected chi connectivity index (χ3v) is 2.97. The van der Waals surface area contributed by atoms with Crippen molar-refractivity contribution in [1.82, 2.24) is 0 Å². The van der Waals surface area contributed by atoms with Crippen molar-refractivity contribution in [2.24, 2.45) is 0 Å². The van der Waals surface area contributed by atoms with Gasteiger partial charge in [0.05, 0.1) is 13.7 Å². The first kappa shape index (κ1) is 15.0. The van der Waals surface area contributed by atoms with Gasteiger partial charge in [-0.2, -0.15) is 0 Å². The lowest BCUT2D eigenvalue weighted by Crippen LogP contribution is -2.23. The van der Waals surface area contributed by atoms with E-state index in [0.29, 0.717) is 6.61 Å². The van der Waals surface area contributed by atoms with E-state index in [-0.39, 0.29) is 0 Å². The molecule has 0 aliphatic carbocycles. The number of rotatable bonds is 6. The second kappa shape index (κ2) is 8.02. The summed E-state index contributed by atoms with van der Waals surface area (Å²) in [4.78, 5) is 11.8. The highest BCUT2D eigenvalue weighted by atomic mass is 16.6. The van der Waals surface area contributed by atoms with Crippen LogP contribution in [-0.4, -0.2) is 19.2 Å². The van der Waals surface area contributed by atoms with Gasteiger partial charge in [0.15, 0.2) is 6.10 Å². The van der Waals surface area contributed by atoms with Crippen LogP contribution in [0.4, 0.5) is 0 Å². The van der Waals surface area contributed by atoms with Crippen molar-refractivity contribution < 1.29 is 14.3 Å². The summed E-state index contributed by atoms with van der Waals surface area (Å²) in [7, 11) is 1.36. The van der Waals surface area contributed by atoms with Gasteiger partial charge in [-0.1, -0.05) is 66.7 Å². The molecule has 0 aliphatic heterocycles. The fourth-order valence-electron chi connectivity index (χ4n) is 1.84. The average molecular weight is 282 g/mol. The van der Waals surface area contributed by atoms with Crippen LogP contribution in [0, 0.1) is 0 Å². The summed E-state index contributed by atoms with van der Waals surface area (Å²) in [6.07, 6.45) is 2.85. The zero-order valence-corrected chi connectivity index (χ0v) is 11.9. The van der Waals surface area contributed by atoms with E-state index in [1.54, 1.807) is 6.08 Å². The number of hydrogen-bond donors (Lipinski definition) is 0. The molecule has 0 N–H and O–H groups in total. The first-order valence-electron chi connectivity index (χ1n) is 6.76. The molecular weight excluding hydrogens is 264 g/mol. The third kappa shape index (κ3) is 4.89. The fourth-order valence-corrected chi connectivity index (χ4v) is 1.84. The van der Waals surface area contributed by atoms with Gasteiger partial charge in [0.2, 0.25) is 0 Å². The SMILES string of the molecule is COC(=O)C(/C=C/c1ccccc1)OCc1ccccc1. The van der Waals surface area contributed by atoms with Crippen molar-refractivity contribution in [3.63, 3.8) is 0 Å². The van der Waals surface area contributed by atoms with E-state index in [9.17, 15) is 4.79 Å². The lowest BCUT2D eigenvalue weighted by atomic mass is 10.2. The maximum atomic E-state index is 11.8. The highest BCUT2D eigenvalue weighted by Gasteiger charge is 2.16. The zero-order chi connectivity index (χ0) is 14.9. The van der Waals surface area contributed by atoms with Gasteiger partial charge in [0.1, 0.15) is 0 Å². The van der Waals surface area contributed by atoms with E-state index in [0.717, 1.165) is 11.1 Å². The Bertz CT molecular complexity index is 576. The molecule has 108 valence electrons. The van der Waals surface area contributed by atoms with Gasteiger partial charge < -0.3 is 9.47 Å². The number of carbonyl (C=O) groups is 1. The average Bonchev–Trinajstić information content (AvgIpc) is 2.56. The molecule has 0 amide bonds. The maximum Gasteiger partial charge on any atom is 0.339 e. The molecule has 0 fully saturated rings. The van der Waals surface area contributed by atoms with E-state index >= 15 is 0 Å². The van der Waals surface area contributed by atoms with E-state index in [4.69, 9.17) is 9.47 Å². The van der Waals surface area contributed by atoms with Crippen LogP contribution < -0.4 is 0 Å². The Morgan fingerprint density at radius 2 is 1.67 bits per heavy atom. The van der Waals surface area contributed by atoms with E-state index in [2.05, 4.69) is 0 Å². The van der Waals surface area contributed by atoms with Crippen LogP contribution in [0.25, 0.3) is 6.08 Å². The molecule has 21 heavy (non-hydrogen) atoms. The van der Waals surface area contributed by atoms with E-state index in [1.807, 2.05) is 66.7 Å². The maximum absolute atomic E-state index is 11.8. The molecule has 0 bridgehead atoms. The first-order valence-corrected chi connectivity index (χ1v) is 6.76. The summed E-state index contributed by atoms with van der Waals surface area (Å²) < 4.78 is 10.4. The molecule has 3 nitrogen and oxygen atoms in total. The smallest absolute Gasteiger partial charge is 0.339 e. The van der Waals surface area contributed by atoms with Crippen molar-refractivity contribution in [3.8, 4) is 0 Å².